The van der Waals surface area contributed by atoms with Crippen LogP contribution in [-0.2, 0) is 20.7 Å². The van der Waals surface area contributed by atoms with Gasteiger partial charge in [0.15, 0.2) is 5.78 Å². The molecule has 0 radical (unpaired) electrons. The average molecular weight is 478 g/mol. The van der Waals surface area contributed by atoms with E-state index in [2.05, 4.69) is 10.1 Å². The van der Waals surface area contributed by atoms with Crippen LogP contribution in [0.5, 0.6) is 11.5 Å². The van der Waals surface area contributed by atoms with Gasteiger partial charge in [-0.3, -0.25) is 14.4 Å². The summed E-state index contributed by atoms with van der Waals surface area (Å²) in [5.74, 6) is -1.80. The van der Waals surface area contributed by atoms with E-state index in [9.17, 15) is 32.7 Å². The molecular formula is C23H21F3N2O6. The maximum absolute atomic E-state index is 13.4. The summed E-state index contributed by atoms with van der Waals surface area (Å²) in [6.45, 7) is 0.228. The van der Waals surface area contributed by atoms with Crippen LogP contribution >= 0.6 is 0 Å². The van der Waals surface area contributed by atoms with Gasteiger partial charge in [-0.15, -0.1) is 13.2 Å². The third-order valence-electron chi connectivity index (χ3n) is 5.72. The van der Waals surface area contributed by atoms with E-state index in [1.165, 1.54) is 17.0 Å². The number of likely N-dealkylation sites (tertiary alicyclic amines) is 1. The van der Waals surface area contributed by atoms with Crippen molar-refractivity contribution in [2.45, 2.75) is 37.4 Å². The molecule has 34 heavy (non-hydrogen) atoms. The number of nitrogens with one attached hydrogen (secondary N) is 1. The molecule has 2 unspecified atom stereocenters. The summed E-state index contributed by atoms with van der Waals surface area (Å²) in [6.07, 6.45) is -4.66. The van der Waals surface area contributed by atoms with Crippen LogP contribution in [0.2, 0.25) is 0 Å². The lowest BCUT2D eigenvalue weighted by Crippen LogP contribution is -2.53. The monoisotopic (exact) mass is 478 g/mol. The van der Waals surface area contributed by atoms with Gasteiger partial charge >= 0.3 is 6.36 Å². The van der Waals surface area contributed by atoms with Crippen LogP contribution in [0.1, 0.15) is 22.3 Å². The highest BCUT2D eigenvalue weighted by atomic mass is 19.4. The number of phenolic OH excluding ortho intramolecular Hbond substituents is 1. The number of rotatable bonds is 6. The Bertz CT molecular complexity index is 1070. The fourth-order valence-corrected chi connectivity index (χ4v) is 4.16. The zero-order chi connectivity index (χ0) is 24.5. The van der Waals surface area contributed by atoms with Gasteiger partial charge in [-0.2, -0.15) is 0 Å². The van der Waals surface area contributed by atoms with E-state index in [0.717, 1.165) is 24.3 Å². The molecule has 0 saturated carbocycles. The zero-order valence-electron chi connectivity index (χ0n) is 17.7. The number of nitrogens with zero attached hydrogens (tertiary/aromatic N) is 1. The third kappa shape index (κ3) is 5.30. The summed E-state index contributed by atoms with van der Waals surface area (Å²) in [5.41, 5.74) is 0.674. The molecule has 0 bridgehead atoms. The smallest absolute Gasteiger partial charge is 0.508 e. The summed E-state index contributed by atoms with van der Waals surface area (Å²) in [4.78, 5) is 39.9. The molecule has 0 spiro atoms. The minimum atomic E-state index is -4.86. The molecule has 8 nitrogen and oxygen atoms in total. The van der Waals surface area contributed by atoms with Crippen molar-refractivity contribution < 1.29 is 42.1 Å². The van der Waals surface area contributed by atoms with Gasteiger partial charge in [-0.25, -0.2) is 0 Å². The number of fused-ring (bicyclic) bond motifs is 1. The highest BCUT2D eigenvalue weighted by Crippen LogP contribution is 2.28. The van der Waals surface area contributed by atoms with Crippen LogP contribution in [0.15, 0.2) is 48.5 Å². The van der Waals surface area contributed by atoms with Crippen molar-refractivity contribution in [3.05, 3.63) is 59.7 Å². The second kappa shape index (κ2) is 9.34. The average Bonchev–Trinajstić information content (AvgIpc) is 3.36. The molecule has 2 aliphatic rings. The van der Waals surface area contributed by atoms with Crippen LogP contribution in [0, 0.1) is 0 Å². The molecule has 2 aromatic carbocycles. The lowest BCUT2D eigenvalue weighted by molar-refractivity contribution is -0.274. The number of Topliss-reactive ketones (excluding diaryl/α,β-unsaturated/α-hetero) is 1. The number of carbonyl (C=O) groups excluding carboxylic acids is 3. The van der Waals surface area contributed by atoms with Gasteiger partial charge in [0.1, 0.15) is 30.2 Å². The van der Waals surface area contributed by atoms with E-state index in [4.69, 9.17) is 4.74 Å². The van der Waals surface area contributed by atoms with Crippen LogP contribution in [-0.4, -0.2) is 65.3 Å². The van der Waals surface area contributed by atoms with Crippen molar-refractivity contribution in [2.24, 2.45) is 0 Å². The summed E-state index contributed by atoms with van der Waals surface area (Å²) in [5, 5.41) is 12.1. The summed E-state index contributed by atoms with van der Waals surface area (Å²) in [7, 11) is 0. The molecule has 2 amide bonds. The van der Waals surface area contributed by atoms with E-state index in [1.807, 2.05) is 0 Å². The van der Waals surface area contributed by atoms with E-state index < -0.39 is 36.0 Å². The number of alkyl halides is 3. The first-order chi connectivity index (χ1) is 16.1. The van der Waals surface area contributed by atoms with Crippen molar-refractivity contribution in [2.75, 3.05) is 13.2 Å². The first-order valence-corrected chi connectivity index (χ1v) is 10.5. The fraction of sp³-hybridized carbons (Fsp3) is 0.348. The maximum atomic E-state index is 13.4. The van der Waals surface area contributed by atoms with Crippen molar-refractivity contribution in [1.82, 2.24) is 10.2 Å². The van der Waals surface area contributed by atoms with Gasteiger partial charge in [0.25, 0.3) is 5.91 Å². The number of ether oxygens (including phenoxy) is 2. The molecular weight excluding hydrogens is 457 g/mol. The van der Waals surface area contributed by atoms with E-state index in [0.29, 0.717) is 18.5 Å². The molecule has 2 N–H and O–H groups in total. The Hall–Kier alpha value is -3.60. The van der Waals surface area contributed by atoms with Gasteiger partial charge < -0.3 is 24.8 Å². The van der Waals surface area contributed by atoms with Crippen molar-refractivity contribution in [3.8, 4) is 11.5 Å². The standard InChI is InChI=1S/C23H21F3N2O6/c24-23(25,26)34-16-7-3-14(4-8-16)21(31)27-17(11-13-1-5-15(29)6-2-13)22(32)28-10-9-19-20(28)18(30)12-33-19/h1-8,17,19-20,29H,9-12H2,(H,27,31)/t17-,19?,20?/m0/s1. The Labute approximate surface area is 192 Å². The molecule has 2 fully saturated rings. The fourth-order valence-electron chi connectivity index (χ4n) is 4.16. The van der Waals surface area contributed by atoms with E-state index >= 15 is 0 Å². The molecule has 2 heterocycles. The summed E-state index contributed by atoms with van der Waals surface area (Å²) >= 11 is 0. The van der Waals surface area contributed by atoms with Gasteiger partial charge in [-0.1, -0.05) is 12.1 Å². The lowest BCUT2D eigenvalue weighted by atomic mass is 10.0. The van der Waals surface area contributed by atoms with Gasteiger partial charge in [0.2, 0.25) is 5.91 Å². The SMILES string of the molecule is O=C(N[C@@H](Cc1ccc(O)cc1)C(=O)N1CCC2OCC(=O)C21)c1ccc(OC(F)(F)F)cc1. The highest BCUT2D eigenvalue weighted by molar-refractivity contribution is 5.99. The molecule has 180 valence electrons. The second-order valence-electron chi connectivity index (χ2n) is 8.05. The quantitative estimate of drug-likeness (QED) is 0.660. The van der Waals surface area contributed by atoms with Crippen LogP contribution < -0.4 is 10.1 Å². The van der Waals surface area contributed by atoms with Crippen LogP contribution in [0.3, 0.4) is 0 Å². The molecule has 3 atom stereocenters. The number of phenols is 1. The number of hydrogen-bond donors (Lipinski definition) is 2. The highest BCUT2D eigenvalue weighted by Gasteiger charge is 2.48. The largest absolute Gasteiger partial charge is 0.573 e. The van der Waals surface area contributed by atoms with E-state index in [-0.39, 0.29) is 36.2 Å². The van der Waals surface area contributed by atoms with Gasteiger partial charge in [0.05, 0.1) is 6.10 Å². The number of ketones is 1. The first-order valence-electron chi connectivity index (χ1n) is 10.5. The molecule has 0 aromatic heterocycles. The number of carbonyl (C=O) groups is 3. The predicted octanol–water partition coefficient (Wildman–Crippen LogP) is 2.20. The van der Waals surface area contributed by atoms with Gasteiger partial charge in [-0.05, 0) is 48.4 Å². The molecule has 2 aromatic rings. The second-order valence-corrected chi connectivity index (χ2v) is 8.05. The Morgan fingerprint density at radius 3 is 2.47 bits per heavy atom. The maximum Gasteiger partial charge on any atom is 0.573 e. The number of halogens is 3. The first kappa shape index (κ1) is 23.6. The van der Waals surface area contributed by atoms with Crippen molar-refractivity contribution in [3.63, 3.8) is 0 Å². The van der Waals surface area contributed by atoms with Crippen LogP contribution in [0.25, 0.3) is 0 Å². The summed E-state index contributed by atoms with van der Waals surface area (Å²) in [6, 6.07) is 8.62. The Balaban J connectivity index is 1.53. The zero-order valence-corrected chi connectivity index (χ0v) is 17.7. The molecule has 2 aliphatic heterocycles. The third-order valence-corrected chi connectivity index (χ3v) is 5.72. The van der Waals surface area contributed by atoms with E-state index in [1.54, 1.807) is 12.1 Å². The number of amides is 2. The molecule has 2 saturated heterocycles. The lowest BCUT2D eigenvalue weighted by Gasteiger charge is -2.27. The minimum Gasteiger partial charge on any atom is -0.508 e. The topological polar surface area (TPSA) is 105 Å². The minimum absolute atomic E-state index is 0.0256. The Morgan fingerprint density at radius 2 is 1.82 bits per heavy atom. The van der Waals surface area contributed by atoms with Crippen LogP contribution in [0.4, 0.5) is 13.2 Å². The molecule has 11 heteroatoms. The number of benzene rings is 2. The molecule has 0 aliphatic carbocycles. The molecule has 4 rings (SSSR count). The Kier molecular flexibility index (Phi) is 6.47. The Morgan fingerprint density at radius 1 is 1.15 bits per heavy atom. The number of aromatic hydroxyl groups is 1. The normalized spacial score (nSPS) is 20.7. The summed E-state index contributed by atoms with van der Waals surface area (Å²) < 4.78 is 46.3. The van der Waals surface area contributed by atoms with Gasteiger partial charge in [0, 0.05) is 18.5 Å². The van der Waals surface area contributed by atoms with Crippen molar-refractivity contribution in [1.29, 1.82) is 0 Å². The van der Waals surface area contributed by atoms with Crippen molar-refractivity contribution >= 4 is 17.6 Å². The number of hydrogen-bond acceptors (Lipinski definition) is 6. The predicted molar refractivity (Wildman–Crippen MR) is 111 cm³/mol.